The molecule has 1 aliphatic carbocycles. The Kier molecular flexibility index (Phi) is 4.88. The third-order valence-corrected chi connectivity index (χ3v) is 4.62. The van der Waals surface area contributed by atoms with Crippen molar-refractivity contribution in [2.75, 3.05) is 19.6 Å². The highest BCUT2D eigenvalue weighted by Gasteiger charge is 2.37. The van der Waals surface area contributed by atoms with E-state index in [0.717, 1.165) is 25.8 Å². The molecular formula is C16H22N4O3. The van der Waals surface area contributed by atoms with Crippen molar-refractivity contribution in [3.05, 3.63) is 30.1 Å². The molecule has 0 unspecified atom stereocenters. The van der Waals surface area contributed by atoms with Crippen molar-refractivity contribution in [2.24, 2.45) is 0 Å². The third-order valence-electron chi connectivity index (χ3n) is 4.62. The fraction of sp³-hybridized carbons (Fsp3) is 0.562. The number of aliphatic hydroxyl groups excluding tert-OH is 1. The topological polar surface area (TPSA) is 94.6 Å². The van der Waals surface area contributed by atoms with Crippen LogP contribution in [0, 0.1) is 0 Å². The zero-order valence-electron chi connectivity index (χ0n) is 12.9. The number of pyridine rings is 1. The third kappa shape index (κ3) is 3.68. The van der Waals surface area contributed by atoms with Gasteiger partial charge in [0.1, 0.15) is 0 Å². The van der Waals surface area contributed by atoms with Crippen LogP contribution in [-0.4, -0.2) is 64.6 Å². The molecule has 23 heavy (non-hydrogen) atoms. The van der Waals surface area contributed by atoms with Gasteiger partial charge in [0.25, 0.3) is 5.91 Å². The number of aromatic nitrogens is 1. The summed E-state index contributed by atoms with van der Waals surface area (Å²) in [4.78, 5) is 29.7. The number of rotatable bonds is 3. The Morgan fingerprint density at radius 2 is 2.13 bits per heavy atom. The number of amides is 2. The first-order valence-electron chi connectivity index (χ1n) is 8.05. The fourth-order valence-electron chi connectivity index (χ4n) is 3.41. The van der Waals surface area contributed by atoms with E-state index in [4.69, 9.17) is 0 Å². The smallest absolute Gasteiger partial charge is 0.251 e. The van der Waals surface area contributed by atoms with E-state index in [-0.39, 0.29) is 23.9 Å². The van der Waals surface area contributed by atoms with Gasteiger partial charge < -0.3 is 15.7 Å². The van der Waals surface area contributed by atoms with Crippen molar-refractivity contribution < 1.29 is 14.7 Å². The number of nitrogens with zero attached hydrogens (tertiary/aromatic N) is 2. The maximum atomic E-state index is 12.3. The van der Waals surface area contributed by atoms with Crippen LogP contribution in [0.3, 0.4) is 0 Å². The molecule has 7 nitrogen and oxygen atoms in total. The molecule has 2 fully saturated rings. The van der Waals surface area contributed by atoms with Crippen LogP contribution in [0.15, 0.2) is 24.5 Å². The molecular weight excluding hydrogens is 296 g/mol. The standard InChI is InChI=1S/C16H22N4O3/c21-14-10-20(9-8-18-14)13-3-1-2-12(15(13)22)19-16(23)11-4-6-17-7-5-11/h4-7,12-13,15,22H,1-3,8-10H2,(H,18,21)(H,19,23)/t12-,13-,15-/m1/s1. The summed E-state index contributed by atoms with van der Waals surface area (Å²) in [5, 5.41) is 16.4. The van der Waals surface area contributed by atoms with Crippen molar-refractivity contribution in [1.82, 2.24) is 20.5 Å². The Balaban J connectivity index is 1.64. The van der Waals surface area contributed by atoms with Gasteiger partial charge in [-0.25, -0.2) is 0 Å². The Morgan fingerprint density at radius 1 is 1.35 bits per heavy atom. The van der Waals surface area contributed by atoms with Crippen LogP contribution in [0.1, 0.15) is 29.6 Å². The lowest BCUT2D eigenvalue weighted by Crippen LogP contribution is -2.60. The SMILES string of the molecule is O=C1CN([C@@H]2CCC[C@@H](NC(=O)c3ccncc3)[C@H]2O)CCN1. The average Bonchev–Trinajstić information content (AvgIpc) is 2.57. The van der Waals surface area contributed by atoms with E-state index in [2.05, 4.69) is 15.6 Å². The van der Waals surface area contributed by atoms with E-state index in [0.29, 0.717) is 18.7 Å². The average molecular weight is 318 g/mol. The molecule has 1 saturated carbocycles. The molecule has 3 atom stereocenters. The summed E-state index contributed by atoms with van der Waals surface area (Å²) in [5.41, 5.74) is 0.534. The molecule has 2 amide bonds. The molecule has 1 saturated heterocycles. The van der Waals surface area contributed by atoms with Crippen molar-refractivity contribution in [2.45, 2.75) is 37.5 Å². The number of nitrogens with one attached hydrogen (secondary N) is 2. The van der Waals surface area contributed by atoms with Crippen LogP contribution in [-0.2, 0) is 4.79 Å². The molecule has 7 heteroatoms. The molecule has 0 aromatic carbocycles. The Bertz CT molecular complexity index is 566. The highest BCUT2D eigenvalue weighted by Crippen LogP contribution is 2.24. The second-order valence-electron chi connectivity index (χ2n) is 6.13. The monoisotopic (exact) mass is 318 g/mol. The van der Waals surface area contributed by atoms with E-state index < -0.39 is 6.10 Å². The van der Waals surface area contributed by atoms with Gasteiger partial charge in [-0.1, -0.05) is 0 Å². The molecule has 0 radical (unpaired) electrons. The van der Waals surface area contributed by atoms with Crippen LogP contribution in [0.25, 0.3) is 0 Å². The number of piperazine rings is 1. The minimum absolute atomic E-state index is 0.00797. The minimum atomic E-state index is -0.666. The van der Waals surface area contributed by atoms with Gasteiger partial charge in [-0.2, -0.15) is 0 Å². The quantitative estimate of drug-likeness (QED) is 0.700. The summed E-state index contributed by atoms with van der Waals surface area (Å²) >= 11 is 0. The van der Waals surface area contributed by atoms with Crippen LogP contribution in [0.4, 0.5) is 0 Å². The summed E-state index contributed by atoms with van der Waals surface area (Å²) < 4.78 is 0. The van der Waals surface area contributed by atoms with Gasteiger partial charge in [0.05, 0.1) is 18.7 Å². The van der Waals surface area contributed by atoms with Crippen molar-refractivity contribution in [3.63, 3.8) is 0 Å². The molecule has 3 rings (SSSR count). The number of hydrogen-bond donors (Lipinski definition) is 3. The zero-order valence-corrected chi connectivity index (χ0v) is 12.9. The molecule has 0 bridgehead atoms. The summed E-state index contributed by atoms with van der Waals surface area (Å²) in [7, 11) is 0. The predicted molar refractivity (Wildman–Crippen MR) is 83.7 cm³/mol. The van der Waals surface area contributed by atoms with Crippen molar-refractivity contribution in [3.8, 4) is 0 Å². The van der Waals surface area contributed by atoms with E-state index >= 15 is 0 Å². The first-order chi connectivity index (χ1) is 11.1. The maximum Gasteiger partial charge on any atom is 0.251 e. The van der Waals surface area contributed by atoms with E-state index in [1.807, 2.05) is 4.90 Å². The lowest BCUT2D eigenvalue weighted by molar-refractivity contribution is -0.126. The van der Waals surface area contributed by atoms with Gasteiger partial charge in [-0.3, -0.25) is 19.5 Å². The maximum absolute atomic E-state index is 12.3. The zero-order chi connectivity index (χ0) is 16.2. The van der Waals surface area contributed by atoms with Gasteiger partial charge >= 0.3 is 0 Å². The van der Waals surface area contributed by atoms with Crippen LogP contribution in [0.5, 0.6) is 0 Å². The first kappa shape index (κ1) is 15.9. The Labute approximate surface area is 135 Å². The normalized spacial score (nSPS) is 28.9. The molecule has 3 N–H and O–H groups in total. The lowest BCUT2D eigenvalue weighted by atomic mass is 9.86. The lowest BCUT2D eigenvalue weighted by Gasteiger charge is -2.42. The highest BCUT2D eigenvalue weighted by molar-refractivity contribution is 5.94. The number of hydrogen-bond acceptors (Lipinski definition) is 5. The summed E-state index contributed by atoms with van der Waals surface area (Å²) in [6.07, 6.45) is 4.98. The molecule has 124 valence electrons. The largest absolute Gasteiger partial charge is 0.389 e. The summed E-state index contributed by atoms with van der Waals surface area (Å²) in [5.74, 6) is -0.208. The van der Waals surface area contributed by atoms with Crippen LogP contribution in [0.2, 0.25) is 0 Å². The van der Waals surface area contributed by atoms with E-state index in [1.165, 1.54) is 0 Å². The number of carbonyl (C=O) groups is 2. The second kappa shape index (κ2) is 7.06. The van der Waals surface area contributed by atoms with E-state index in [9.17, 15) is 14.7 Å². The molecule has 2 heterocycles. The molecule has 1 aromatic rings. The fourth-order valence-corrected chi connectivity index (χ4v) is 3.41. The van der Waals surface area contributed by atoms with Crippen LogP contribution >= 0.6 is 0 Å². The van der Waals surface area contributed by atoms with Gasteiger partial charge in [0.15, 0.2) is 0 Å². The molecule has 2 aliphatic rings. The van der Waals surface area contributed by atoms with Gasteiger partial charge in [-0.05, 0) is 31.4 Å². The molecule has 1 aliphatic heterocycles. The highest BCUT2D eigenvalue weighted by atomic mass is 16.3. The van der Waals surface area contributed by atoms with E-state index in [1.54, 1.807) is 24.5 Å². The second-order valence-corrected chi connectivity index (χ2v) is 6.13. The van der Waals surface area contributed by atoms with Crippen molar-refractivity contribution >= 4 is 11.8 Å². The van der Waals surface area contributed by atoms with Crippen LogP contribution < -0.4 is 10.6 Å². The van der Waals surface area contributed by atoms with Gasteiger partial charge in [-0.15, -0.1) is 0 Å². The number of carbonyl (C=O) groups excluding carboxylic acids is 2. The minimum Gasteiger partial charge on any atom is -0.389 e. The molecule has 1 aromatic heterocycles. The summed E-state index contributed by atoms with van der Waals surface area (Å²) in [6, 6.07) is 2.92. The van der Waals surface area contributed by atoms with Crippen molar-refractivity contribution in [1.29, 1.82) is 0 Å². The molecule has 0 spiro atoms. The predicted octanol–water partition coefficient (Wildman–Crippen LogP) is -0.475. The first-order valence-corrected chi connectivity index (χ1v) is 8.05. The Hall–Kier alpha value is -1.99. The summed E-state index contributed by atoms with van der Waals surface area (Å²) in [6.45, 7) is 1.65. The Morgan fingerprint density at radius 3 is 2.87 bits per heavy atom. The number of aliphatic hydroxyl groups is 1. The van der Waals surface area contributed by atoms with Gasteiger partial charge in [0, 0.05) is 37.1 Å². The van der Waals surface area contributed by atoms with Gasteiger partial charge in [0.2, 0.25) is 5.91 Å².